The Labute approximate surface area is 81.8 Å². The van der Waals surface area contributed by atoms with E-state index in [1.165, 1.54) is 11.3 Å². The van der Waals surface area contributed by atoms with Crippen LogP contribution in [-0.4, -0.2) is 15.0 Å². The predicted molar refractivity (Wildman–Crippen MR) is 52.2 cm³/mol. The molecule has 1 aromatic heterocycles. The second kappa shape index (κ2) is 3.40. The Morgan fingerprint density at radius 2 is 2.31 bits per heavy atom. The highest BCUT2D eigenvalue weighted by Crippen LogP contribution is 2.28. The molecule has 1 saturated carbocycles. The summed E-state index contributed by atoms with van der Waals surface area (Å²) in [7, 11) is -3.20. The lowest BCUT2D eigenvalue weighted by Gasteiger charge is -2.02. The maximum absolute atomic E-state index is 11.5. The number of hydrogen-bond donors (Lipinski definition) is 1. The molecule has 3 nitrogen and oxygen atoms in total. The zero-order chi connectivity index (χ0) is 9.31. The molecule has 0 amide bonds. The lowest BCUT2D eigenvalue weighted by molar-refractivity contribution is 0.579. The molecule has 0 radical (unpaired) electrons. The number of rotatable bonds is 4. The van der Waals surface area contributed by atoms with E-state index in [2.05, 4.69) is 4.72 Å². The van der Waals surface area contributed by atoms with Gasteiger partial charge < -0.3 is 0 Å². The predicted octanol–water partition coefficient (Wildman–Crippen LogP) is 1.44. The van der Waals surface area contributed by atoms with Crippen LogP contribution < -0.4 is 4.72 Å². The number of nitrogens with one attached hydrogen (secondary N) is 1. The van der Waals surface area contributed by atoms with E-state index < -0.39 is 10.0 Å². The van der Waals surface area contributed by atoms with E-state index in [9.17, 15) is 8.42 Å². The van der Waals surface area contributed by atoms with Crippen molar-refractivity contribution in [2.24, 2.45) is 5.92 Å². The first-order valence-electron chi connectivity index (χ1n) is 4.22. The zero-order valence-corrected chi connectivity index (χ0v) is 8.70. The van der Waals surface area contributed by atoms with E-state index in [4.69, 9.17) is 0 Å². The minimum atomic E-state index is -3.20. The minimum absolute atomic E-state index is 0.410. The maximum atomic E-state index is 11.5. The van der Waals surface area contributed by atoms with Gasteiger partial charge in [0.2, 0.25) is 10.0 Å². The molecule has 0 atom stereocenters. The summed E-state index contributed by atoms with van der Waals surface area (Å²) in [5, 5.41) is 1.77. The lowest BCUT2D eigenvalue weighted by atomic mass is 10.4. The first kappa shape index (κ1) is 9.18. The fourth-order valence-electron chi connectivity index (χ4n) is 1.04. The number of thiophene rings is 1. The molecule has 0 spiro atoms. The third kappa shape index (κ3) is 2.30. The van der Waals surface area contributed by atoms with Gasteiger partial charge in [0.25, 0.3) is 0 Å². The van der Waals surface area contributed by atoms with Crippen LogP contribution in [0.15, 0.2) is 21.7 Å². The van der Waals surface area contributed by atoms with Gasteiger partial charge in [-0.25, -0.2) is 13.1 Å². The molecule has 0 bridgehead atoms. The van der Waals surface area contributed by atoms with Gasteiger partial charge in [-0.05, 0) is 30.2 Å². The van der Waals surface area contributed by atoms with Crippen molar-refractivity contribution in [3.05, 3.63) is 17.5 Å². The van der Waals surface area contributed by atoms with E-state index in [-0.39, 0.29) is 0 Å². The third-order valence-electron chi connectivity index (χ3n) is 2.02. The Morgan fingerprint density at radius 1 is 1.54 bits per heavy atom. The molecule has 1 aliphatic rings. The molecular formula is C8H11NO2S2. The molecule has 1 heterocycles. The average Bonchev–Trinajstić information content (AvgIpc) is 2.74. The quantitative estimate of drug-likeness (QED) is 0.829. The highest BCUT2D eigenvalue weighted by molar-refractivity contribution is 7.91. The van der Waals surface area contributed by atoms with Crippen LogP contribution in [0.3, 0.4) is 0 Å². The van der Waals surface area contributed by atoms with Crippen LogP contribution in [0.1, 0.15) is 12.8 Å². The van der Waals surface area contributed by atoms with E-state index in [1.54, 1.807) is 17.5 Å². The van der Waals surface area contributed by atoms with Crippen LogP contribution in [0.25, 0.3) is 0 Å². The van der Waals surface area contributed by atoms with Gasteiger partial charge in [0, 0.05) is 6.54 Å². The van der Waals surface area contributed by atoms with Crippen molar-refractivity contribution in [3.8, 4) is 0 Å². The molecule has 1 aromatic rings. The van der Waals surface area contributed by atoms with Gasteiger partial charge in [-0.3, -0.25) is 0 Å². The third-order valence-corrected chi connectivity index (χ3v) is 4.84. The molecule has 1 fully saturated rings. The van der Waals surface area contributed by atoms with Crippen molar-refractivity contribution in [2.75, 3.05) is 6.54 Å². The van der Waals surface area contributed by atoms with Gasteiger partial charge in [0.15, 0.2) is 0 Å². The van der Waals surface area contributed by atoms with Crippen molar-refractivity contribution in [2.45, 2.75) is 17.1 Å². The number of hydrogen-bond acceptors (Lipinski definition) is 3. The standard InChI is InChI=1S/C8H11NO2S2/c10-13(11,8-2-1-5-12-8)9-6-7-3-4-7/h1-2,5,7,9H,3-4,6H2. The first-order chi connectivity index (χ1) is 6.18. The van der Waals surface area contributed by atoms with Crippen LogP contribution >= 0.6 is 11.3 Å². The summed E-state index contributed by atoms with van der Waals surface area (Å²) < 4.78 is 26.1. The lowest BCUT2D eigenvalue weighted by Crippen LogP contribution is -2.24. The molecular weight excluding hydrogens is 206 g/mol. The molecule has 1 N–H and O–H groups in total. The summed E-state index contributed by atoms with van der Waals surface area (Å²) in [6.07, 6.45) is 2.32. The molecule has 0 aliphatic heterocycles. The largest absolute Gasteiger partial charge is 0.250 e. The van der Waals surface area contributed by atoms with Crippen molar-refractivity contribution in [3.63, 3.8) is 0 Å². The molecule has 72 valence electrons. The normalized spacial score (nSPS) is 17.5. The van der Waals surface area contributed by atoms with E-state index >= 15 is 0 Å². The molecule has 0 saturated heterocycles. The van der Waals surface area contributed by atoms with Crippen molar-refractivity contribution in [1.82, 2.24) is 4.72 Å². The van der Waals surface area contributed by atoms with Gasteiger partial charge in [0.1, 0.15) is 4.21 Å². The van der Waals surface area contributed by atoms with Crippen molar-refractivity contribution >= 4 is 21.4 Å². The summed E-state index contributed by atoms with van der Waals surface area (Å²) in [5.74, 6) is 0.578. The Morgan fingerprint density at radius 3 is 2.85 bits per heavy atom. The van der Waals surface area contributed by atoms with E-state index in [0.717, 1.165) is 12.8 Å². The van der Waals surface area contributed by atoms with Gasteiger partial charge in [-0.1, -0.05) is 6.07 Å². The molecule has 1 aliphatic carbocycles. The Kier molecular flexibility index (Phi) is 2.40. The molecule has 5 heteroatoms. The van der Waals surface area contributed by atoms with Crippen LogP contribution in [0.5, 0.6) is 0 Å². The summed E-state index contributed by atoms with van der Waals surface area (Å²) in [4.78, 5) is 0. The van der Waals surface area contributed by atoms with E-state index in [0.29, 0.717) is 16.7 Å². The van der Waals surface area contributed by atoms with Gasteiger partial charge in [-0.15, -0.1) is 11.3 Å². The van der Waals surface area contributed by atoms with Crippen molar-refractivity contribution < 1.29 is 8.42 Å². The van der Waals surface area contributed by atoms with Gasteiger partial charge >= 0.3 is 0 Å². The van der Waals surface area contributed by atoms with Crippen LogP contribution in [0.4, 0.5) is 0 Å². The highest BCUT2D eigenvalue weighted by atomic mass is 32.2. The second-order valence-corrected chi connectivity index (χ2v) is 6.17. The van der Waals surface area contributed by atoms with Crippen LogP contribution in [0, 0.1) is 5.92 Å². The fourth-order valence-corrected chi connectivity index (χ4v) is 3.19. The highest BCUT2D eigenvalue weighted by Gasteiger charge is 2.24. The Balaban J connectivity index is 2.02. The minimum Gasteiger partial charge on any atom is -0.210 e. The summed E-state index contributed by atoms with van der Waals surface area (Å²) >= 11 is 1.25. The number of sulfonamides is 1. The summed E-state index contributed by atoms with van der Waals surface area (Å²) in [5.41, 5.74) is 0. The van der Waals surface area contributed by atoms with Crippen LogP contribution in [0.2, 0.25) is 0 Å². The smallest absolute Gasteiger partial charge is 0.210 e. The molecule has 0 aromatic carbocycles. The van der Waals surface area contributed by atoms with Gasteiger partial charge in [0.05, 0.1) is 0 Å². The topological polar surface area (TPSA) is 46.2 Å². The summed E-state index contributed by atoms with van der Waals surface area (Å²) in [6, 6.07) is 3.37. The molecule has 13 heavy (non-hydrogen) atoms. The fraction of sp³-hybridized carbons (Fsp3) is 0.500. The Hall–Kier alpha value is -0.390. The molecule has 2 rings (SSSR count). The second-order valence-electron chi connectivity index (χ2n) is 3.23. The Bertz CT molecular complexity index is 365. The zero-order valence-electron chi connectivity index (χ0n) is 7.06. The monoisotopic (exact) mass is 217 g/mol. The van der Waals surface area contributed by atoms with Crippen molar-refractivity contribution in [1.29, 1.82) is 0 Å². The molecule has 0 unspecified atom stereocenters. The first-order valence-corrected chi connectivity index (χ1v) is 6.58. The summed E-state index contributed by atoms with van der Waals surface area (Å²) in [6.45, 7) is 0.597. The average molecular weight is 217 g/mol. The van der Waals surface area contributed by atoms with Crippen LogP contribution in [-0.2, 0) is 10.0 Å². The van der Waals surface area contributed by atoms with E-state index in [1.807, 2.05) is 0 Å². The van der Waals surface area contributed by atoms with Gasteiger partial charge in [-0.2, -0.15) is 0 Å². The maximum Gasteiger partial charge on any atom is 0.250 e. The SMILES string of the molecule is O=S(=O)(NCC1CC1)c1cccs1.